The van der Waals surface area contributed by atoms with Crippen LogP contribution in [0.25, 0.3) is 0 Å². The van der Waals surface area contributed by atoms with Gasteiger partial charge in [0.15, 0.2) is 0 Å². The van der Waals surface area contributed by atoms with E-state index in [-0.39, 0.29) is 0 Å². The number of ether oxygens (including phenoxy) is 1. The van der Waals surface area contributed by atoms with Gasteiger partial charge in [-0.15, -0.1) is 0 Å². The van der Waals surface area contributed by atoms with Gasteiger partial charge in [0.2, 0.25) is 0 Å². The number of aromatic nitrogens is 2. The van der Waals surface area contributed by atoms with Gasteiger partial charge in [0.25, 0.3) is 0 Å². The molecule has 1 heterocycles. The first-order chi connectivity index (χ1) is 9.97. The number of hydrogen-bond acceptors (Lipinski definition) is 3. The first kappa shape index (κ1) is 16.0. The molecule has 4 nitrogen and oxygen atoms in total. The molecule has 0 radical (unpaired) electrons. The Bertz CT molecular complexity index is 608. The molecule has 0 bridgehead atoms. The van der Waals surface area contributed by atoms with E-state index in [0.717, 1.165) is 33.7 Å². The zero-order valence-corrected chi connectivity index (χ0v) is 14.6. The number of aryl methyl sites for hydroxylation is 2. The summed E-state index contributed by atoms with van der Waals surface area (Å²) in [4.78, 5) is 4.30. The molecule has 0 unspecified atom stereocenters. The van der Waals surface area contributed by atoms with Gasteiger partial charge in [-0.1, -0.05) is 29.8 Å². The highest BCUT2D eigenvalue weighted by molar-refractivity contribution is 9.10. The average molecular weight is 352 g/mol. The Morgan fingerprint density at radius 3 is 2.76 bits per heavy atom. The van der Waals surface area contributed by atoms with E-state index in [4.69, 9.17) is 4.74 Å². The number of rotatable bonds is 6. The van der Waals surface area contributed by atoms with Crippen molar-refractivity contribution in [2.75, 3.05) is 0 Å². The molecule has 1 aromatic heterocycles. The zero-order valence-electron chi connectivity index (χ0n) is 13.0. The van der Waals surface area contributed by atoms with Gasteiger partial charge in [-0.2, -0.15) is 0 Å². The van der Waals surface area contributed by atoms with Crippen molar-refractivity contribution in [2.45, 2.75) is 40.0 Å². The fourth-order valence-corrected chi connectivity index (χ4v) is 2.74. The fourth-order valence-electron chi connectivity index (χ4n) is 2.12. The molecule has 5 heteroatoms. The van der Waals surface area contributed by atoms with E-state index in [0.29, 0.717) is 12.6 Å². The Morgan fingerprint density at radius 1 is 1.38 bits per heavy atom. The summed E-state index contributed by atoms with van der Waals surface area (Å²) in [6.45, 7) is 7.60. The van der Waals surface area contributed by atoms with Crippen LogP contribution >= 0.6 is 15.9 Å². The molecule has 2 rings (SSSR count). The van der Waals surface area contributed by atoms with Crippen molar-refractivity contribution in [1.82, 2.24) is 14.9 Å². The molecule has 0 atom stereocenters. The van der Waals surface area contributed by atoms with Gasteiger partial charge in [-0.05, 0) is 24.6 Å². The SMILES string of the molecule is Cc1cc(Br)cc(CNC(C)C)c1OCc1nccn1C. The third-order valence-electron chi connectivity index (χ3n) is 3.28. The number of hydrogen-bond donors (Lipinski definition) is 1. The van der Waals surface area contributed by atoms with E-state index in [1.165, 1.54) is 0 Å². The number of imidazole rings is 1. The Labute approximate surface area is 134 Å². The highest BCUT2D eigenvalue weighted by atomic mass is 79.9. The average Bonchev–Trinajstić information content (AvgIpc) is 2.80. The lowest BCUT2D eigenvalue weighted by molar-refractivity contribution is 0.285. The molecule has 0 saturated carbocycles. The first-order valence-corrected chi connectivity index (χ1v) is 7.88. The van der Waals surface area contributed by atoms with Gasteiger partial charge in [-0.3, -0.25) is 0 Å². The topological polar surface area (TPSA) is 39.1 Å². The molecule has 0 spiro atoms. The molecule has 1 aromatic carbocycles. The molecule has 0 amide bonds. The van der Waals surface area contributed by atoms with Crippen molar-refractivity contribution < 1.29 is 4.74 Å². The van der Waals surface area contributed by atoms with E-state index in [1.54, 1.807) is 6.20 Å². The first-order valence-electron chi connectivity index (χ1n) is 7.08. The smallest absolute Gasteiger partial charge is 0.146 e. The van der Waals surface area contributed by atoms with Crippen LogP contribution in [-0.2, 0) is 20.2 Å². The van der Waals surface area contributed by atoms with Crippen molar-refractivity contribution >= 4 is 15.9 Å². The summed E-state index contributed by atoms with van der Waals surface area (Å²) in [6, 6.07) is 4.62. The molecule has 0 aliphatic carbocycles. The maximum atomic E-state index is 6.04. The maximum absolute atomic E-state index is 6.04. The highest BCUT2D eigenvalue weighted by Crippen LogP contribution is 2.28. The van der Waals surface area contributed by atoms with Gasteiger partial charge < -0.3 is 14.6 Å². The summed E-state index contributed by atoms with van der Waals surface area (Å²) in [6.07, 6.45) is 3.71. The van der Waals surface area contributed by atoms with E-state index < -0.39 is 0 Å². The third-order valence-corrected chi connectivity index (χ3v) is 3.74. The van der Waals surface area contributed by atoms with E-state index in [9.17, 15) is 0 Å². The summed E-state index contributed by atoms with van der Waals surface area (Å²) in [5.41, 5.74) is 2.28. The van der Waals surface area contributed by atoms with Crippen molar-refractivity contribution in [3.63, 3.8) is 0 Å². The van der Waals surface area contributed by atoms with E-state index in [2.05, 4.69) is 59.1 Å². The molecular weight excluding hydrogens is 330 g/mol. The Kier molecular flexibility index (Phi) is 5.42. The summed E-state index contributed by atoms with van der Waals surface area (Å²) in [5.74, 6) is 1.86. The summed E-state index contributed by atoms with van der Waals surface area (Å²) < 4.78 is 9.08. The number of halogens is 1. The standard InChI is InChI=1S/C16H22BrN3O/c1-11(2)19-9-13-8-14(17)7-12(3)16(13)21-10-15-18-5-6-20(15)4/h5-8,11,19H,9-10H2,1-4H3. The number of nitrogens with zero attached hydrogens (tertiary/aromatic N) is 2. The van der Waals surface area contributed by atoms with Crippen molar-refractivity contribution in [3.8, 4) is 5.75 Å². The monoisotopic (exact) mass is 351 g/mol. The normalized spacial score (nSPS) is 11.1. The van der Waals surface area contributed by atoms with Crippen LogP contribution < -0.4 is 10.1 Å². The third kappa shape index (κ3) is 4.32. The molecule has 114 valence electrons. The number of nitrogens with one attached hydrogen (secondary N) is 1. The van der Waals surface area contributed by atoms with Crippen LogP contribution in [0.4, 0.5) is 0 Å². The van der Waals surface area contributed by atoms with Gasteiger partial charge in [-0.25, -0.2) is 4.98 Å². The van der Waals surface area contributed by atoms with Crippen LogP contribution in [0.15, 0.2) is 29.0 Å². The lowest BCUT2D eigenvalue weighted by Crippen LogP contribution is -2.22. The largest absolute Gasteiger partial charge is 0.485 e. The van der Waals surface area contributed by atoms with Gasteiger partial charge in [0.1, 0.15) is 18.2 Å². The minimum atomic E-state index is 0.437. The van der Waals surface area contributed by atoms with Crippen molar-refractivity contribution in [1.29, 1.82) is 0 Å². The van der Waals surface area contributed by atoms with Gasteiger partial charge in [0.05, 0.1) is 0 Å². The Morgan fingerprint density at radius 2 is 2.14 bits per heavy atom. The Balaban J connectivity index is 2.18. The van der Waals surface area contributed by atoms with Gasteiger partial charge in [0, 0.05) is 42.1 Å². The molecule has 1 N–H and O–H groups in total. The molecule has 2 aromatic rings. The van der Waals surface area contributed by atoms with Crippen LogP contribution in [0.1, 0.15) is 30.8 Å². The molecular formula is C16H22BrN3O. The van der Waals surface area contributed by atoms with Crippen LogP contribution in [0.2, 0.25) is 0 Å². The van der Waals surface area contributed by atoms with Crippen LogP contribution in [0.3, 0.4) is 0 Å². The lowest BCUT2D eigenvalue weighted by Gasteiger charge is -2.16. The van der Waals surface area contributed by atoms with Crippen LogP contribution in [0.5, 0.6) is 5.75 Å². The van der Waals surface area contributed by atoms with Crippen molar-refractivity contribution in [3.05, 3.63) is 46.0 Å². The van der Waals surface area contributed by atoms with E-state index in [1.807, 2.05) is 17.8 Å². The molecule has 0 aliphatic rings. The van der Waals surface area contributed by atoms with Gasteiger partial charge >= 0.3 is 0 Å². The lowest BCUT2D eigenvalue weighted by atomic mass is 10.1. The predicted octanol–water partition coefficient (Wildman–Crippen LogP) is 3.57. The maximum Gasteiger partial charge on any atom is 0.146 e. The minimum Gasteiger partial charge on any atom is -0.485 e. The summed E-state index contributed by atoms with van der Waals surface area (Å²) in [5, 5.41) is 3.44. The molecule has 21 heavy (non-hydrogen) atoms. The summed E-state index contributed by atoms with van der Waals surface area (Å²) >= 11 is 3.56. The fraction of sp³-hybridized carbons (Fsp3) is 0.438. The zero-order chi connectivity index (χ0) is 15.4. The second-order valence-corrected chi connectivity index (χ2v) is 6.41. The Hall–Kier alpha value is -1.33. The van der Waals surface area contributed by atoms with Crippen LogP contribution in [0, 0.1) is 6.92 Å². The van der Waals surface area contributed by atoms with Crippen LogP contribution in [-0.4, -0.2) is 15.6 Å². The second kappa shape index (κ2) is 7.09. The minimum absolute atomic E-state index is 0.437. The molecule has 0 saturated heterocycles. The summed E-state index contributed by atoms with van der Waals surface area (Å²) in [7, 11) is 1.97. The van der Waals surface area contributed by atoms with E-state index >= 15 is 0 Å². The quantitative estimate of drug-likeness (QED) is 0.864. The second-order valence-electron chi connectivity index (χ2n) is 5.49. The number of benzene rings is 1. The molecule has 0 aliphatic heterocycles. The van der Waals surface area contributed by atoms with Crippen molar-refractivity contribution in [2.24, 2.45) is 7.05 Å². The highest BCUT2D eigenvalue weighted by Gasteiger charge is 2.11. The molecule has 0 fully saturated rings. The predicted molar refractivity (Wildman–Crippen MR) is 88.4 cm³/mol.